The highest BCUT2D eigenvalue weighted by Gasteiger charge is 2.35. The summed E-state index contributed by atoms with van der Waals surface area (Å²) in [6.45, 7) is 1.53. The van der Waals surface area contributed by atoms with Crippen LogP contribution in [0.4, 0.5) is 0 Å². The van der Waals surface area contributed by atoms with Crippen LogP contribution in [0.3, 0.4) is 0 Å². The van der Waals surface area contributed by atoms with Gasteiger partial charge in [0.15, 0.2) is 6.61 Å². The Kier molecular flexibility index (Phi) is 5.95. The lowest BCUT2D eigenvalue weighted by molar-refractivity contribution is -0.123. The van der Waals surface area contributed by atoms with E-state index in [2.05, 4.69) is 33.4 Å². The second-order valence-corrected chi connectivity index (χ2v) is 8.44. The third kappa shape index (κ3) is 4.85. The Morgan fingerprint density at radius 1 is 1.21 bits per heavy atom. The number of carbonyl (C=O) groups is 1. The average Bonchev–Trinajstić information content (AvgIpc) is 3.35. The van der Waals surface area contributed by atoms with E-state index in [-0.39, 0.29) is 12.5 Å². The molecule has 2 bridgehead atoms. The first-order chi connectivity index (χ1) is 14.1. The second kappa shape index (κ2) is 8.78. The Labute approximate surface area is 172 Å². The van der Waals surface area contributed by atoms with Crippen molar-refractivity contribution in [3.8, 4) is 16.9 Å². The monoisotopic (exact) mass is 391 g/mol. The molecule has 0 saturated heterocycles. The third-order valence-corrected chi connectivity index (χ3v) is 5.88. The molecule has 5 nitrogen and oxygen atoms in total. The van der Waals surface area contributed by atoms with Gasteiger partial charge in [0.1, 0.15) is 5.75 Å². The van der Waals surface area contributed by atoms with Crippen LogP contribution >= 0.6 is 0 Å². The van der Waals surface area contributed by atoms with Gasteiger partial charge < -0.3 is 15.0 Å². The van der Waals surface area contributed by atoms with Crippen LogP contribution in [-0.2, 0) is 11.3 Å². The number of allylic oxidation sites excluding steroid dienone is 2. The molecular weight excluding hydrogens is 362 g/mol. The van der Waals surface area contributed by atoms with E-state index in [9.17, 15) is 4.79 Å². The van der Waals surface area contributed by atoms with Crippen molar-refractivity contribution in [1.29, 1.82) is 0 Å². The number of fused-ring (bicyclic) bond motifs is 2. The van der Waals surface area contributed by atoms with Crippen molar-refractivity contribution in [1.82, 2.24) is 15.2 Å². The lowest BCUT2D eigenvalue weighted by Crippen LogP contribution is -2.34. The number of rotatable bonds is 8. The molecule has 152 valence electrons. The van der Waals surface area contributed by atoms with Gasteiger partial charge in [-0.2, -0.15) is 0 Å². The van der Waals surface area contributed by atoms with Gasteiger partial charge in [-0.25, -0.2) is 0 Å². The van der Waals surface area contributed by atoms with E-state index in [1.807, 2.05) is 44.6 Å². The number of nitrogens with zero attached hydrogens (tertiary/aromatic N) is 2. The maximum Gasteiger partial charge on any atom is 0.257 e. The predicted molar refractivity (Wildman–Crippen MR) is 114 cm³/mol. The second-order valence-electron chi connectivity index (χ2n) is 8.44. The van der Waals surface area contributed by atoms with Crippen molar-refractivity contribution in [2.75, 3.05) is 27.2 Å². The Hall–Kier alpha value is -2.66. The first kappa shape index (κ1) is 19.6. The largest absolute Gasteiger partial charge is 0.483 e. The van der Waals surface area contributed by atoms with E-state index in [4.69, 9.17) is 4.74 Å². The molecule has 2 aliphatic rings. The molecule has 1 saturated carbocycles. The molecule has 2 aromatic rings. The zero-order valence-electron chi connectivity index (χ0n) is 17.2. The smallest absolute Gasteiger partial charge is 0.257 e. The van der Waals surface area contributed by atoms with Crippen LogP contribution in [0.2, 0.25) is 0 Å². The number of pyridine rings is 1. The highest BCUT2D eigenvalue weighted by atomic mass is 16.5. The molecule has 1 aromatic heterocycles. The zero-order chi connectivity index (χ0) is 20.2. The molecule has 4 rings (SSSR count). The van der Waals surface area contributed by atoms with Crippen molar-refractivity contribution in [3.63, 3.8) is 0 Å². The Bertz CT molecular complexity index is 879. The molecule has 2 aliphatic carbocycles. The standard InChI is InChI=1S/C24H29N3O2/c1-27(2)15-22-12-19(20-4-3-9-25-13-20)7-8-23(22)29-16-24(28)26-14-21-11-17-5-6-18(21)10-17/h3-9,12-13,17-18,21H,10-11,14-16H2,1-2H3,(H,26,28)/t17-,18+,21-/m1/s1. The average molecular weight is 392 g/mol. The molecule has 0 unspecified atom stereocenters. The summed E-state index contributed by atoms with van der Waals surface area (Å²) in [5.74, 6) is 2.66. The van der Waals surface area contributed by atoms with Gasteiger partial charge >= 0.3 is 0 Å². The van der Waals surface area contributed by atoms with Gasteiger partial charge in [-0.1, -0.05) is 24.3 Å². The summed E-state index contributed by atoms with van der Waals surface area (Å²) in [5.41, 5.74) is 3.22. The number of benzene rings is 1. The number of nitrogens with one attached hydrogen (secondary N) is 1. The maximum absolute atomic E-state index is 12.3. The molecule has 29 heavy (non-hydrogen) atoms. The fourth-order valence-corrected chi connectivity index (χ4v) is 4.47. The molecule has 0 radical (unpaired) electrons. The minimum absolute atomic E-state index is 0.0450. The SMILES string of the molecule is CN(C)Cc1cc(-c2cccnc2)ccc1OCC(=O)NC[C@H]1C[C@@H]2C=C[C@H]1C2. The quantitative estimate of drug-likeness (QED) is 0.700. The minimum atomic E-state index is -0.0520. The molecule has 0 aliphatic heterocycles. The summed E-state index contributed by atoms with van der Waals surface area (Å²) in [6.07, 6.45) is 10.7. The van der Waals surface area contributed by atoms with Crippen LogP contribution in [0.15, 0.2) is 54.9 Å². The Morgan fingerprint density at radius 3 is 2.79 bits per heavy atom. The number of carbonyl (C=O) groups excluding carboxylic acids is 1. The molecule has 1 aromatic carbocycles. The van der Waals surface area contributed by atoms with Crippen LogP contribution in [0.5, 0.6) is 5.75 Å². The molecule has 1 N–H and O–H groups in total. The van der Waals surface area contributed by atoms with E-state index in [0.717, 1.165) is 41.4 Å². The molecular formula is C24H29N3O2. The van der Waals surface area contributed by atoms with Crippen LogP contribution in [0, 0.1) is 17.8 Å². The molecule has 1 heterocycles. The van der Waals surface area contributed by atoms with Gasteiger partial charge in [0.05, 0.1) is 0 Å². The van der Waals surface area contributed by atoms with Gasteiger partial charge in [-0.3, -0.25) is 9.78 Å². The van der Waals surface area contributed by atoms with Crippen molar-refractivity contribution in [2.24, 2.45) is 17.8 Å². The van der Waals surface area contributed by atoms with E-state index in [1.54, 1.807) is 6.20 Å². The number of amides is 1. The van der Waals surface area contributed by atoms with Crippen molar-refractivity contribution in [3.05, 3.63) is 60.4 Å². The topological polar surface area (TPSA) is 54.5 Å². The first-order valence-electron chi connectivity index (χ1n) is 10.3. The Balaban J connectivity index is 1.36. The van der Waals surface area contributed by atoms with E-state index < -0.39 is 0 Å². The lowest BCUT2D eigenvalue weighted by Gasteiger charge is -2.19. The molecule has 5 heteroatoms. The minimum Gasteiger partial charge on any atom is -0.483 e. The number of hydrogen-bond acceptors (Lipinski definition) is 4. The Morgan fingerprint density at radius 2 is 2.10 bits per heavy atom. The van der Waals surface area contributed by atoms with Crippen molar-refractivity contribution in [2.45, 2.75) is 19.4 Å². The van der Waals surface area contributed by atoms with E-state index in [0.29, 0.717) is 11.8 Å². The molecule has 0 spiro atoms. The summed E-state index contributed by atoms with van der Waals surface area (Å²) >= 11 is 0. The van der Waals surface area contributed by atoms with Gasteiger partial charge in [-0.05, 0) is 68.5 Å². The van der Waals surface area contributed by atoms with Gasteiger partial charge in [-0.15, -0.1) is 0 Å². The van der Waals surface area contributed by atoms with Crippen LogP contribution in [0.25, 0.3) is 11.1 Å². The molecule has 3 atom stereocenters. The zero-order valence-corrected chi connectivity index (χ0v) is 17.2. The summed E-state index contributed by atoms with van der Waals surface area (Å²) in [4.78, 5) is 18.6. The fourth-order valence-electron chi connectivity index (χ4n) is 4.47. The van der Waals surface area contributed by atoms with Gasteiger partial charge in [0, 0.05) is 36.6 Å². The van der Waals surface area contributed by atoms with E-state index >= 15 is 0 Å². The summed E-state index contributed by atoms with van der Waals surface area (Å²) in [5, 5.41) is 3.06. The summed E-state index contributed by atoms with van der Waals surface area (Å²) in [6, 6.07) is 10.1. The highest BCUT2D eigenvalue weighted by Crippen LogP contribution is 2.42. The van der Waals surface area contributed by atoms with Crippen molar-refractivity contribution >= 4 is 5.91 Å². The normalized spacial score (nSPS) is 22.2. The van der Waals surface area contributed by atoms with E-state index in [1.165, 1.54) is 12.8 Å². The molecule has 1 amide bonds. The third-order valence-electron chi connectivity index (χ3n) is 5.88. The fraction of sp³-hybridized carbons (Fsp3) is 0.417. The number of hydrogen-bond donors (Lipinski definition) is 1. The highest BCUT2D eigenvalue weighted by molar-refractivity contribution is 5.77. The first-order valence-corrected chi connectivity index (χ1v) is 10.3. The summed E-state index contributed by atoms with van der Waals surface area (Å²) in [7, 11) is 4.05. The van der Waals surface area contributed by atoms with Gasteiger partial charge in [0.25, 0.3) is 5.91 Å². The van der Waals surface area contributed by atoms with Crippen LogP contribution in [-0.4, -0.2) is 43.0 Å². The number of aromatic nitrogens is 1. The maximum atomic E-state index is 12.3. The van der Waals surface area contributed by atoms with Gasteiger partial charge in [0.2, 0.25) is 0 Å². The predicted octanol–water partition coefficient (Wildman–Crippen LogP) is 3.52. The van der Waals surface area contributed by atoms with Crippen molar-refractivity contribution < 1.29 is 9.53 Å². The summed E-state index contributed by atoms with van der Waals surface area (Å²) < 4.78 is 5.90. The lowest BCUT2D eigenvalue weighted by atomic mass is 9.94. The van der Waals surface area contributed by atoms with Crippen LogP contribution in [0.1, 0.15) is 18.4 Å². The number of ether oxygens (including phenoxy) is 1. The molecule has 1 fully saturated rings. The van der Waals surface area contributed by atoms with Crippen LogP contribution < -0.4 is 10.1 Å².